The summed E-state index contributed by atoms with van der Waals surface area (Å²) in [6.45, 7) is 1.61. The third-order valence-corrected chi connectivity index (χ3v) is 9.51. The Balaban J connectivity index is 1.34. The smallest absolute Gasteiger partial charge is 0.225 e. The van der Waals surface area contributed by atoms with E-state index < -0.39 is 9.84 Å². The number of likely N-dealkylation sites (tertiary alicyclic amines) is 1. The number of nitrogens with zero attached hydrogens (tertiary/aromatic N) is 2. The summed E-state index contributed by atoms with van der Waals surface area (Å²) in [5.74, 6) is 1.55. The fourth-order valence-electron chi connectivity index (χ4n) is 5.81. The van der Waals surface area contributed by atoms with E-state index in [1.807, 2.05) is 25.2 Å². The average molecular weight is 495 g/mol. The number of sulfone groups is 1. The Labute approximate surface area is 207 Å². The molecule has 1 saturated heterocycles. The van der Waals surface area contributed by atoms with E-state index in [1.54, 1.807) is 31.4 Å². The number of carbonyl (C=O) groups excluding carboxylic acids is 1. The first-order valence-electron chi connectivity index (χ1n) is 12.6. The molecule has 186 valence electrons. The summed E-state index contributed by atoms with van der Waals surface area (Å²) in [5, 5.41) is 1.12. The van der Waals surface area contributed by atoms with Crippen molar-refractivity contribution < 1.29 is 17.9 Å². The fourth-order valence-corrected chi connectivity index (χ4v) is 7.15. The second kappa shape index (κ2) is 9.69. The number of rotatable bonds is 6. The number of benzene rings is 2. The van der Waals surface area contributed by atoms with Gasteiger partial charge in [0, 0.05) is 43.2 Å². The van der Waals surface area contributed by atoms with Gasteiger partial charge in [0.15, 0.2) is 9.84 Å². The second-order valence-corrected chi connectivity index (χ2v) is 12.1. The summed E-state index contributed by atoms with van der Waals surface area (Å²) >= 11 is 0. The minimum absolute atomic E-state index is 0.0437. The molecule has 2 aliphatic rings. The van der Waals surface area contributed by atoms with Gasteiger partial charge in [-0.3, -0.25) is 4.79 Å². The van der Waals surface area contributed by atoms with E-state index in [1.165, 1.54) is 18.4 Å². The van der Waals surface area contributed by atoms with Gasteiger partial charge in [-0.05, 0) is 79.1 Å². The molecule has 0 bridgehead atoms. The van der Waals surface area contributed by atoms with Crippen LogP contribution in [-0.4, -0.2) is 44.0 Å². The monoisotopic (exact) mass is 494 g/mol. The van der Waals surface area contributed by atoms with Gasteiger partial charge in [0.2, 0.25) is 5.91 Å². The molecule has 0 unspecified atom stereocenters. The van der Waals surface area contributed by atoms with Crippen molar-refractivity contribution in [2.75, 3.05) is 20.2 Å². The number of amides is 1. The molecule has 2 fully saturated rings. The standard InChI is InChI=1S/C28H34N2O4S/c1-29-18-26(21-13-15-30(16-14-21)28(31)22-5-3-4-6-22)25-17-20(7-12-27(25)29)19-35(32,33)24-10-8-23(34-2)9-11-24/h7-12,17-18,21-22H,3-6,13-16,19H2,1-2H3. The van der Waals surface area contributed by atoms with E-state index >= 15 is 0 Å². The van der Waals surface area contributed by atoms with Gasteiger partial charge in [-0.15, -0.1) is 0 Å². The van der Waals surface area contributed by atoms with Crippen molar-refractivity contribution in [1.29, 1.82) is 0 Å². The minimum atomic E-state index is -3.47. The Morgan fingerprint density at radius 3 is 2.34 bits per heavy atom. The van der Waals surface area contributed by atoms with Crippen LogP contribution in [0.2, 0.25) is 0 Å². The van der Waals surface area contributed by atoms with E-state index in [9.17, 15) is 13.2 Å². The molecule has 0 atom stereocenters. The van der Waals surface area contributed by atoms with Crippen molar-refractivity contribution in [3.05, 3.63) is 59.8 Å². The summed E-state index contributed by atoms with van der Waals surface area (Å²) in [4.78, 5) is 15.2. The first kappa shape index (κ1) is 23.9. The predicted octanol–water partition coefficient (Wildman–Crippen LogP) is 5.06. The Bertz CT molecular complexity index is 1310. The van der Waals surface area contributed by atoms with E-state index in [-0.39, 0.29) is 11.7 Å². The van der Waals surface area contributed by atoms with E-state index in [2.05, 4.69) is 15.7 Å². The highest BCUT2D eigenvalue weighted by atomic mass is 32.2. The van der Waals surface area contributed by atoms with Gasteiger partial charge >= 0.3 is 0 Å². The maximum absolute atomic E-state index is 13.1. The summed E-state index contributed by atoms with van der Waals surface area (Å²) in [5.41, 5.74) is 3.16. The first-order valence-corrected chi connectivity index (χ1v) is 14.2. The second-order valence-electron chi connectivity index (χ2n) is 10.1. The summed E-state index contributed by atoms with van der Waals surface area (Å²) < 4.78 is 33.4. The lowest BCUT2D eigenvalue weighted by molar-refractivity contribution is -0.136. The lowest BCUT2D eigenvalue weighted by atomic mass is 9.88. The molecular formula is C28H34N2O4S. The van der Waals surface area contributed by atoms with Crippen LogP contribution in [0.25, 0.3) is 10.9 Å². The number of ether oxygens (including phenoxy) is 1. The van der Waals surface area contributed by atoms with E-state index in [0.717, 1.165) is 55.2 Å². The van der Waals surface area contributed by atoms with Gasteiger partial charge in [0.25, 0.3) is 0 Å². The van der Waals surface area contributed by atoms with Crippen molar-refractivity contribution in [3.8, 4) is 5.75 Å². The van der Waals surface area contributed by atoms with Crippen molar-refractivity contribution in [2.24, 2.45) is 13.0 Å². The Morgan fingerprint density at radius 1 is 1.00 bits per heavy atom. The predicted molar refractivity (Wildman–Crippen MR) is 137 cm³/mol. The molecule has 6 nitrogen and oxygen atoms in total. The highest BCUT2D eigenvalue weighted by Crippen LogP contribution is 2.36. The van der Waals surface area contributed by atoms with Crippen LogP contribution in [0.1, 0.15) is 55.6 Å². The Morgan fingerprint density at radius 2 is 1.69 bits per heavy atom. The summed E-state index contributed by atoms with van der Waals surface area (Å²) in [7, 11) is 0.134. The van der Waals surface area contributed by atoms with Gasteiger partial charge in [-0.2, -0.15) is 0 Å². The van der Waals surface area contributed by atoms with Crippen molar-refractivity contribution in [2.45, 2.75) is 55.1 Å². The fraction of sp³-hybridized carbons (Fsp3) is 0.464. The van der Waals surface area contributed by atoms with Crippen LogP contribution >= 0.6 is 0 Å². The molecule has 0 spiro atoms. The molecule has 7 heteroatoms. The van der Waals surface area contributed by atoms with Crippen LogP contribution in [0.4, 0.5) is 0 Å². The molecular weight excluding hydrogens is 460 g/mol. The number of aryl methyl sites for hydroxylation is 1. The van der Waals surface area contributed by atoms with Gasteiger partial charge in [-0.25, -0.2) is 8.42 Å². The van der Waals surface area contributed by atoms with Crippen molar-refractivity contribution >= 4 is 26.6 Å². The van der Waals surface area contributed by atoms with Gasteiger partial charge in [-0.1, -0.05) is 18.9 Å². The zero-order valence-corrected chi connectivity index (χ0v) is 21.4. The number of carbonyl (C=O) groups is 1. The number of piperidine rings is 1. The summed E-state index contributed by atoms with van der Waals surface area (Å²) in [6.07, 6.45) is 8.54. The number of hydrogen-bond acceptors (Lipinski definition) is 4. The van der Waals surface area contributed by atoms with Gasteiger partial charge in [0.05, 0.1) is 17.8 Å². The average Bonchev–Trinajstić information content (AvgIpc) is 3.52. The van der Waals surface area contributed by atoms with Gasteiger partial charge in [0.1, 0.15) is 5.75 Å². The molecule has 35 heavy (non-hydrogen) atoms. The molecule has 1 saturated carbocycles. The molecule has 2 aromatic carbocycles. The molecule has 0 N–H and O–H groups in total. The lowest BCUT2D eigenvalue weighted by Crippen LogP contribution is -2.40. The number of fused-ring (bicyclic) bond motifs is 1. The van der Waals surface area contributed by atoms with Crippen LogP contribution in [0.3, 0.4) is 0 Å². The number of hydrogen-bond donors (Lipinski definition) is 0. The van der Waals surface area contributed by atoms with Gasteiger partial charge < -0.3 is 14.2 Å². The molecule has 0 radical (unpaired) electrons. The Kier molecular flexibility index (Phi) is 6.62. The molecule has 1 aliphatic heterocycles. The molecule has 3 aromatic rings. The maximum Gasteiger partial charge on any atom is 0.225 e. The normalized spacial score (nSPS) is 17.8. The molecule has 1 aromatic heterocycles. The highest BCUT2D eigenvalue weighted by Gasteiger charge is 2.31. The third-order valence-electron chi connectivity index (χ3n) is 7.81. The molecule has 5 rings (SSSR count). The third kappa shape index (κ3) is 4.83. The first-order chi connectivity index (χ1) is 16.9. The lowest BCUT2D eigenvalue weighted by Gasteiger charge is -2.33. The summed E-state index contributed by atoms with van der Waals surface area (Å²) in [6, 6.07) is 12.5. The van der Waals surface area contributed by atoms with Crippen LogP contribution < -0.4 is 4.74 Å². The molecule has 2 heterocycles. The van der Waals surface area contributed by atoms with Crippen LogP contribution in [0.15, 0.2) is 53.6 Å². The topological polar surface area (TPSA) is 68.6 Å². The van der Waals surface area contributed by atoms with Crippen LogP contribution in [0, 0.1) is 5.92 Å². The highest BCUT2D eigenvalue weighted by molar-refractivity contribution is 7.90. The van der Waals surface area contributed by atoms with E-state index in [0.29, 0.717) is 22.5 Å². The zero-order valence-electron chi connectivity index (χ0n) is 20.6. The largest absolute Gasteiger partial charge is 0.497 e. The van der Waals surface area contributed by atoms with Crippen molar-refractivity contribution in [3.63, 3.8) is 0 Å². The Hall–Kier alpha value is -2.80. The molecule has 1 aliphatic carbocycles. The SMILES string of the molecule is COc1ccc(S(=O)(=O)Cc2ccc3c(c2)c(C2CCN(C(=O)C4CCCC4)CC2)cn3C)cc1. The minimum Gasteiger partial charge on any atom is -0.497 e. The quantitative estimate of drug-likeness (QED) is 0.481. The zero-order chi connectivity index (χ0) is 24.6. The van der Waals surface area contributed by atoms with Crippen LogP contribution in [0.5, 0.6) is 5.75 Å². The van der Waals surface area contributed by atoms with Crippen molar-refractivity contribution in [1.82, 2.24) is 9.47 Å². The van der Waals surface area contributed by atoms with Crippen LogP contribution in [-0.2, 0) is 27.4 Å². The molecule has 1 amide bonds. The van der Waals surface area contributed by atoms with E-state index in [4.69, 9.17) is 4.74 Å². The number of aromatic nitrogens is 1. The number of methoxy groups -OCH3 is 1. The maximum atomic E-state index is 13.1.